The van der Waals surface area contributed by atoms with Crippen molar-refractivity contribution >= 4 is 16.9 Å². The number of rotatable bonds is 5. The zero-order chi connectivity index (χ0) is 17.1. The molecule has 2 aromatic heterocycles. The van der Waals surface area contributed by atoms with Gasteiger partial charge in [0.15, 0.2) is 5.65 Å². The quantitative estimate of drug-likeness (QED) is 0.866. The van der Waals surface area contributed by atoms with Crippen LogP contribution >= 0.6 is 0 Å². The number of aliphatic hydroxyl groups excluding tert-OH is 1. The first-order valence-electron chi connectivity index (χ1n) is 8.87. The summed E-state index contributed by atoms with van der Waals surface area (Å²) < 4.78 is 1.78. The molecule has 0 saturated carbocycles. The monoisotopic (exact) mass is 332 g/mol. The van der Waals surface area contributed by atoms with Gasteiger partial charge in [-0.25, -0.2) is 9.97 Å². The first kappa shape index (κ1) is 17.1. The van der Waals surface area contributed by atoms with E-state index in [0.717, 1.165) is 35.6 Å². The normalized spacial score (nSPS) is 17.8. The molecule has 3 rings (SSSR count). The third-order valence-corrected chi connectivity index (χ3v) is 4.64. The van der Waals surface area contributed by atoms with Crippen LogP contribution in [-0.4, -0.2) is 62.0 Å². The van der Waals surface area contributed by atoms with Gasteiger partial charge in [-0.1, -0.05) is 12.8 Å². The van der Waals surface area contributed by atoms with E-state index in [1.165, 1.54) is 25.7 Å². The highest BCUT2D eigenvalue weighted by molar-refractivity contribution is 5.89. The van der Waals surface area contributed by atoms with Crippen LogP contribution in [0.5, 0.6) is 0 Å². The van der Waals surface area contributed by atoms with E-state index in [4.69, 9.17) is 0 Å². The molecule has 132 valence electrons. The molecule has 1 aliphatic heterocycles. The van der Waals surface area contributed by atoms with Gasteiger partial charge in [0.05, 0.1) is 17.2 Å². The van der Waals surface area contributed by atoms with Crippen LogP contribution in [-0.2, 0) is 7.05 Å². The van der Waals surface area contributed by atoms with Gasteiger partial charge in [0.1, 0.15) is 11.6 Å². The number of β-amino-alcohol motifs (C(OH)–C–C–N with tert-alkyl or cyclic N) is 1. The van der Waals surface area contributed by atoms with E-state index in [0.29, 0.717) is 18.9 Å². The Hall–Kier alpha value is -1.73. The molecule has 7 nitrogen and oxygen atoms in total. The lowest BCUT2D eigenvalue weighted by Crippen LogP contribution is -2.36. The van der Waals surface area contributed by atoms with E-state index >= 15 is 0 Å². The van der Waals surface area contributed by atoms with Crippen molar-refractivity contribution < 1.29 is 5.11 Å². The molecule has 1 atom stereocenters. The second-order valence-corrected chi connectivity index (χ2v) is 6.78. The predicted octanol–water partition coefficient (Wildman–Crippen LogP) is 1.63. The Morgan fingerprint density at radius 2 is 1.83 bits per heavy atom. The number of nitrogens with zero attached hydrogens (tertiary/aromatic N) is 5. The van der Waals surface area contributed by atoms with Crippen molar-refractivity contribution in [3.05, 3.63) is 11.5 Å². The van der Waals surface area contributed by atoms with Gasteiger partial charge >= 0.3 is 0 Å². The number of hydrogen-bond acceptors (Lipinski definition) is 6. The molecule has 1 fully saturated rings. The lowest BCUT2D eigenvalue weighted by molar-refractivity contribution is 0.124. The van der Waals surface area contributed by atoms with Crippen LogP contribution in [0, 0.1) is 13.8 Å². The summed E-state index contributed by atoms with van der Waals surface area (Å²) in [5.41, 5.74) is 1.72. The highest BCUT2D eigenvalue weighted by atomic mass is 16.3. The maximum atomic E-state index is 10.4. The van der Waals surface area contributed by atoms with Crippen molar-refractivity contribution in [1.29, 1.82) is 0 Å². The van der Waals surface area contributed by atoms with Crippen molar-refractivity contribution in [2.45, 2.75) is 45.6 Å². The molecule has 2 aromatic rings. The maximum absolute atomic E-state index is 10.4. The molecule has 7 heteroatoms. The highest BCUT2D eigenvalue weighted by Gasteiger charge is 2.17. The highest BCUT2D eigenvalue weighted by Crippen LogP contribution is 2.23. The Kier molecular flexibility index (Phi) is 5.30. The average molecular weight is 332 g/mol. The molecule has 0 spiro atoms. The summed E-state index contributed by atoms with van der Waals surface area (Å²) >= 11 is 0. The van der Waals surface area contributed by atoms with E-state index in [9.17, 15) is 5.11 Å². The lowest BCUT2D eigenvalue weighted by Gasteiger charge is -2.23. The Labute approximate surface area is 143 Å². The zero-order valence-corrected chi connectivity index (χ0v) is 14.9. The summed E-state index contributed by atoms with van der Waals surface area (Å²) in [5.74, 6) is 1.47. The summed E-state index contributed by atoms with van der Waals surface area (Å²) in [5, 5.41) is 19.1. The van der Waals surface area contributed by atoms with Gasteiger partial charge in [-0.3, -0.25) is 4.68 Å². The van der Waals surface area contributed by atoms with Crippen molar-refractivity contribution in [3.63, 3.8) is 0 Å². The number of likely N-dealkylation sites (tertiary alicyclic amines) is 1. The second-order valence-electron chi connectivity index (χ2n) is 6.78. The largest absolute Gasteiger partial charge is 0.390 e. The number of aliphatic hydroxyl groups is 1. The molecule has 0 bridgehead atoms. The van der Waals surface area contributed by atoms with Gasteiger partial charge in [0.2, 0.25) is 0 Å². The number of aryl methyl sites for hydroxylation is 3. The van der Waals surface area contributed by atoms with Crippen LogP contribution in [0.25, 0.3) is 11.0 Å². The van der Waals surface area contributed by atoms with E-state index in [1.807, 2.05) is 20.9 Å². The summed E-state index contributed by atoms with van der Waals surface area (Å²) in [6.45, 7) is 7.22. The Morgan fingerprint density at radius 1 is 1.12 bits per heavy atom. The average Bonchev–Trinajstić information content (AvgIpc) is 2.71. The fraction of sp³-hybridized carbons (Fsp3) is 0.706. The van der Waals surface area contributed by atoms with Gasteiger partial charge in [-0.05, 0) is 39.8 Å². The molecular formula is C17H28N6O. The number of fused-ring (bicyclic) bond motifs is 1. The summed E-state index contributed by atoms with van der Waals surface area (Å²) in [6, 6.07) is 0. The van der Waals surface area contributed by atoms with Gasteiger partial charge in [-0.15, -0.1) is 0 Å². The van der Waals surface area contributed by atoms with E-state index in [1.54, 1.807) is 4.68 Å². The molecule has 1 aliphatic rings. The first-order valence-corrected chi connectivity index (χ1v) is 8.87. The Bertz CT molecular complexity index is 690. The van der Waals surface area contributed by atoms with Crippen LogP contribution in [0.15, 0.2) is 0 Å². The lowest BCUT2D eigenvalue weighted by atomic mass is 10.2. The molecule has 0 aliphatic carbocycles. The van der Waals surface area contributed by atoms with Crippen LogP contribution < -0.4 is 5.32 Å². The van der Waals surface area contributed by atoms with Crippen molar-refractivity contribution in [2.75, 3.05) is 31.5 Å². The molecule has 0 amide bonds. The smallest absolute Gasteiger partial charge is 0.163 e. The molecule has 0 radical (unpaired) electrons. The van der Waals surface area contributed by atoms with Crippen LogP contribution in [0.4, 0.5) is 5.82 Å². The molecule has 1 unspecified atom stereocenters. The third kappa shape index (κ3) is 3.84. The Morgan fingerprint density at radius 3 is 2.54 bits per heavy atom. The van der Waals surface area contributed by atoms with Crippen molar-refractivity contribution in [2.24, 2.45) is 7.05 Å². The van der Waals surface area contributed by atoms with E-state index < -0.39 is 6.10 Å². The summed E-state index contributed by atoms with van der Waals surface area (Å²) in [7, 11) is 1.89. The third-order valence-electron chi connectivity index (χ3n) is 4.64. The summed E-state index contributed by atoms with van der Waals surface area (Å²) in [6.07, 6.45) is 4.68. The Balaban J connectivity index is 1.66. The molecule has 2 N–H and O–H groups in total. The molecule has 24 heavy (non-hydrogen) atoms. The van der Waals surface area contributed by atoms with Crippen molar-refractivity contribution in [1.82, 2.24) is 24.6 Å². The second kappa shape index (κ2) is 7.44. The van der Waals surface area contributed by atoms with Gasteiger partial charge in [-0.2, -0.15) is 5.10 Å². The molecular weight excluding hydrogens is 304 g/mol. The minimum atomic E-state index is -0.412. The number of nitrogens with one attached hydrogen (secondary N) is 1. The summed E-state index contributed by atoms with van der Waals surface area (Å²) in [4.78, 5) is 11.3. The number of hydrogen-bond donors (Lipinski definition) is 2. The van der Waals surface area contributed by atoms with Crippen molar-refractivity contribution in [3.8, 4) is 0 Å². The fourth-order valence-corrected chi connectivity index (χ4v) is 3.47. The molecule has 3 heterocycles. The number of anilines is 1. The standard InChI is InChI=1S/C17H28N6O/c1-12-15-16(19-13(2)20-17(15)22(3)21-12)18-10-14(24)11-23-8-6-4-5-7-9-23/h14,24H,4-11H2,1-3H3,(H,18,19,20). The maximum Gasteiger partial charge on any atom is 0.163 e. The van der Waals surface area contributed by atoms with Gasteiger partial charge < -0.3 is 15.3 Å². The van der Waals surface area contributed by atoms with Crippen LogP contribution in [0.2, 0.25) is 0 Å². The zero-order valence-electron chi connectivity index (χ0n) is 14.9. The predicted molar refractivity (Wildman–Crippen MR) is 95.2 cm³/mol. The van der Waals surface area contributed by atoms with E-state index in [-0.39, 0.29) is 0 Å². The van der Waals surface area contributed by atoms with Gasteiger partial charge in [0, 0.05) is 20.1 Å². The van der Waals surface area contributed by atoms with Gasteiger partial charge in [0.25, 0.3) is 0 Å². The topological polar surface area (TPSA) is 79.1 Å². The fourth-order valence-electron chi connectivity index (χ4n) is 3.47. The SMILES string of the molecule is Cc1nc(NCC(O)CN2CCCCCC2)c2c(C)nn(C)c2n1. The minimum absolute atomic E-state index is 0.412. The van der Waals surface area contributed by atoms with Crippen LogP contribution in [0.3, 0.4) is 0 Å². The molecule has 0 aromatic carbocycles. The number of aromatic nitrogens is 4. The molecule has 1 saturated heterocycles. The minimum Gasteiger partial charge on any atom is -0.390 e. The first-order chi connectivity index (χ1) is 11.5. The van der Waals surface area contributed by atoms with Crippen LogP contribution in [0.1, 0.15) is 37.2 Å². The van der Waals surface area contributed by atoms with E-state index in [2.05, 4.69) is 25.3 Å².